The first-order valence-electron chi connectivity index (χ1n) is 21.4. The second-order valence-electron chi connectivity index (χ2n) is 18.5. The lowest BCUT2D eigenvalue weighted by molar-refractivity contribution is -0.139. The maximum atomic E-state index is 13.8. The molecule has 5 fully saturated rings. The standard InChI is InChI=1S/C44H75NO11/c1-29(2)44(9,27-42(7,32(5)45)12-10-34(39-51-18-19-52-39)24-30(3)37-47-14-15-48-37)28-43(8,33(6)46)13-11-35(40-53-20-21-54-40)26-36(41-55-22-23-56-41)25-31(4)38-49-16-17-50-38/h30-31,34-41H,1,5,10-28,45H2,2-4,6-9H3. The van der Waals surface area contributed by atoms with E-state index in [0.717, 1.165) is 44.1 Å². The number of hydrogen-bond acceptors (Lipinski definition) is 12. The van der Waals surface area contributed by atoms with Gasteiger partial charge in [0.05, 0.1) is 66.1 Å². The van der Waals surface area contributed by atoms with Crippen LogP contribution in [0.5, 0.6) is 0 Å². The van der Waals surface area contributed by atoms with Crippen molar-refractivity contribution in [2.24, 2.45) is 51.6 Å². The van der Waals surface area contributed by atoms with E-state index in [-0.39, 0.29) is 66.8 Å². The molecule has 5 saturated heterocycles. The summed E-state index contributed by atoms with van der Waals surface area (Å²) in [5.74, 6) is 0.781. The zero-order valence-corrected chi connectivity index (χ0v) is 35.7. The third-order valence-electron chi connectivity index (χ3n) is 13.6. The predicted octanol–water partition coefficient (Wildman–Crippen LogP) is 7.14. The number of allylic oxidation sites excluding steroid dienone is 2. The molecule has 0 aromatic carbocycles. The summed E-state index contributed by atoms with van der Waals surface area (Å²) in [5, 5.41) is 0. The molecule has 5 heterocycles. The Kier molecular flexibility index (Phi) is 16.9. The van der Waals surface area contributed by atoms with E-state index in [2.05, 4.69) is 54.7 Å². The molecule has 0 radical (unpaired) electrons. The fraction of sp³-hybridized carbons (Fsp3) is 0.886. The van der Waals surface area contributed by atoms with Crippen molar-refractivity contribution in [3.63, 3.8) is 0 Å². The maximum absolute atomic E-state index is 13.8. The Hall–Kier alpha value is -1.45. The second kappa shape index (κ2) is 20.7. The van der Waals surface area contributed by atoms with E-state index in [9.17, 15) is 4.79 Å². The summed E-state index contributed by atoms with van der Waals surface area (Å²) < 4.78 is 60.1. The van der Waals surface area contributed by atoms with Gasteiger partial charge in [-0.05, 0) is 77.0 Å². The summed E-state index contributed by atoms with van der Waals surface area (Å²) in [6.07, 6.45) is 5.44. The van der Waals surface area contributed by atoms with Crippen LogP contribution in [0.3, 0.4) is 0 Å². The van der Waals surface area contributed by atoms with Crippen LogP contribution in [-0.2, 0) is 52.2 Å². The Bertz CT molecular complexity index is 1250. The Labute approximate surface area is 337 Å². The van der Waals surface area contributed by atoms with Crippen molar-refractivity contribution >= 4 is 5.78 Å². The van der Waals surface area contributed by atoms with Crippen molar-refractivity contribution in [2.75, 3.05) is 66.1 Å². The highest BCUT2D eigenvalue weighted by molar-refractivity contribution is 5.82. The largest absolute Gasteiger partial charge is 0.402 e. The smallest absolute Gasteiger partial charge is 0.160 e. The molecule has 8 atom stereocenters. The third kappa shape index (κ3) is 12.1. The minimum Gasteiger partial charge on any atom is -0.402 e. The van der Waals surface area contributed by atoms with Gasteiger partial charge in [0.1, 0.15) is 5.78 Å². The number of nitrogens with two attached hydrogens (primary N) is 1. The molecule has 0 aromatic rings. The van der Waals surface area contributed by atoms with Gasteiger partial charge in [-0.15, -0.1) is 0 Å². The first-order chi connectivity index (χ1) is 26.6. The molecular weight excluding hydrogens is 718 g/mol. The van der Waals surface area contributed by atoms with Gasteiger partial charge in [0.2, 0.25) is 0 Å². The molecule has 0 aliphatic carbocycles. The molecule has 5 rings (SSSR count). The Morgan fingerprint density at radius 2 is 0.857 bits per heavy atom. The van der Waals surface area contributed by atoms with E-state index < -0.39 is 16.2 Å². The molecule has 56 heavy (non-hydrogen) atoms. The molecule has 322 valence electrons. The van der Waals surface area contributed by atoms with Crippen LogP contribution in [0, 0.1) is 45.8 Å². The number of ketones is 1. The van der Waals surface area contributed by atoms with Gasteiger partial charge in [-0.2, -0.15) is 0 Å². The van der Waals surface area contributed by atoms with Gasteiger partial charge in [0.25, 0.3) is 0 Å². The third-order valence-corrected chi connectivity index (χ3v) is 13.6. The van der Waals surface area contributed by atoms with Crippen molar-refractivity contribution in [3.05, 3.63) is 24.4 Å². The van der Waals surface area contributed by atoms with Crippen LogP contribution < -0.4 is 5.73 Å². The van der Waals surface area contributed by atoms with Crippen LogP contribution in [-0.4, -0.2) is 103 Å². The normalized spacial score (nSPS) is 26.8. The van der Waals surface area contributed by atoms with Crippen LogP contribution in [0.15, 0.2) is 24.4 Å². The fourth-order valence-electron chi connectivity index (χ4n) is 9.82. The van der Waals surface area contributed by atoms with Crippen molar-refractivity contribution in [1.82, 2.24) is 0 Å². The summed E-state index contributed by atoms with van der Waals surface area (Å²) in [6.45, 7) is 29.5. The molecule has 0 bridgehead atoms. The molecule has 12 nitrogen and oxygen atoms in total. The van der Waals surface area contributed by atoms with E-state index in [0.29, 0.717) is 91.0 Å². The van der Waals surface area contributed by atoms with Crippen molar-refractivity contribution < 1.29 is 52.2 Å². The van der Waals surface area contributed by atoms with E-state index in [1.807, 2.05) is 0 Å². The Morgan fingerprint density at radius 1 is 0.536 bits per heavy atom. The maximum Gasteiger partial charge on any atom is 0.160 e. The second-order valence-corrected chi connectivity index (χ2v) is 18.5. The Morgan fingerprint density at radius 3 is 1.23 bits per heavy atom. The lowest BCUT2D eigenvalue weighted by Crippen LogP contribution is -2.40. The summed E-state index contributed by atoms with van der Waals surface area (Å²) >= 11 is 0. The fourth-order valence-corrected chi connectivity index (χ4v) is 9.82. The molecule has 2 N–H and O–H groups in total. The van der Waals surface area contributed by atoms with E-state index in [1.54, 1.807) is 6.92 Å². The van der Waals surface area contributed by atoms with E-state index in [1.165, 1.54) is 0 Å². The summed E-state index contributed by atoms with van der Waals surface area (Å²) in [4.78, 5) is 13.8. The molecule has 0 spiro atoms. The number of carbonyl (C=O) groups excluding carboxylic acids is 1. The van der Waals surface area contributed by atoms with Gasteiger partial charge < -0.3 is 53.1 Å². The zero-order chi connectivity index (χ0) is 40.5. The van der Waals surface area contributed by atoms with Crippen LogP contribution in [0.25, 0.3) is 0 Å². The first-order valence-corrected chi connectivity index (χ1v) is 21.4. The molecule has 12 heteroatoms. The van der Waals surface area contributed by atoms with Gasteiger partial charge in [0.15, 0.2) is 31.5 Å². The average Bonchev–Trinajstić information content (AvgIpc) is 4.01. The quantitative estimate of drug-likeness (QED) is 0.0996. The van der Waals surface area contributed by atoms with Crippen LogP contribution >= 0.6 is 0 Å². The van der Waals surface area contributed by atoms with Gasteiger partial charge in [-0.1, -0.05) is 53.3 Å². The average molecular weight is 794 g/mol. The summed E-state index contributed by atoms with van der Waals surface area (Å²) in [6, 6.07) is 0. The molecule has 0 aromatic heterocycles. The van der Waals surface area contributed by atoms with Crippen molar-refractivity contribution in [3.8, 4) is 0 Å². The zero-order valence-electron chi connectivity index (χ0n) is 35.7. The van der Waals surface area contributed by atoms with Gasteiger partial charge in [0, 0.05) is 46.1 Å². The number of ether oxygens (including phenoxy) is 10. The molecule has 0 saturated carbocycles. The van der Waals surface area contributed by atoms with E-state index >= 15 is 0 Å². The topological polar surface area (TPSA) is 135 Å². The van der Waals surface area contributed by atoms with E-state index in [4.69, 9.17) is 53.1 Å². The summed E-state index contributed by atoms with van der Waals surface area (Å²) in [5.41, 5.74) is 6.91. The van der Waals surface area contributed by atoms with Crippen molar-refractivity contribution in [2.45, 2.75) is 138 Å². The highest BCUT2D eigenvalue weighted by Crippen LogP contribution is 2.52. The SMILES string of the molecule is C=C(C)C(C)(CC(C)(CCC(CC(C)C1OCCO1)C1OCCO1)C(=C)N)CC(C)(CCC(CC(CC(C)C1OCCO1)C1OCCO1)C1OCCO1)C(C)=O. The lowest BCUT2D eigenvalue weighted by Gasteiger charge is -2.45. The van der Waals surface area contributed by atoms with Crippen LogP contribution in [0.2, 0.25) is 0 Å². The van der Waals surface area contributed by atoms with Crippen molar-refractivity contribution in [1.29, 1.82) is 0 Å². The predicted molar refractivity (Wildman–Crippen MR) is 212 cm³/mol. The molecule has 5 aliphatic heterocycles. The summed E-state index contributed by atoms with van der Waals surface area (Å²) in [7, 11) is 0. The minimum absolute atomic E-state index is 0.0381. The number of carbonyl (C=O) groups is 1. The molecule has 0 amide bonds. The number of Topliss-reactive ketones (excluding diaryl/α,β-unsaturated/α-hetero) is 1. The van der Waals surface area contributed by atoms with Crippen LogP contribution in [0.4, 0.5) is 0 Å². The van der Waals surface area contributed by atoms with Crippen LogP contribution in [0.1, 0.15) is 106 Å². The highest BCUT2D eigenvalue weighted by atomic mass is 16.7. The molecule has 8 unspecified atom stereocenters. The Balaban J connectivity index is 1.30. The van der Waals surface area contributed by atoms with Gasteiger partial charge >= 0.3 is 0 Å². The first kappa shape index (κ1) is 45.6. The lowest BCUT2D eigenvalue weighted by atomic mass is 9.59. The number of hydrogen-bond donors (Lipinski definition) is 1. The van der Waals surface area contributed by atoms with Gasteiger partial charge in [-0.25, -0.2) is 0 Å². The number of rotatable bonds is 24. The monoisotopic (exact) mass is 794 g/mol. The molecule has 5 aliphatic rings. The highest BCUT2D eigenvalue weighted by Gasteiger charge is 2.46. The molecular formula is C44H75NO11. The van der Waals surface area contributed by atoms with Gasteiger partial charge in [-0.3, -0.25) is 4.79 Å². The minimum atomic E-state index is -0.638.